The van der Waals surface area contributed by atoms with Crippen molar-refractivity contribution in [1.82, 2.24) is 9.80 Å². The summed E-state index contributed by atoms with van der Waals surface area (Å²) in [5.41, 5.74) is 18.5. The van der Waals surface area contributed by atoms with Crippen LogP contribution in [0, 0.1) is 0 Å². The maximum absolute atomic E-state index is 15.9. The summed E-state index contributed by atoms with van der Waals surface area (Å²) in [4.78, 5) is 70.8. The topological polar surface area (TPSA) is 81.2 Å². The molecule has 0 radical (unpaired) electrons. The lowest BCUT2D eigenvalue weighted by molar-refractivity contribution is 0.0481. The third-order valence-electron chi connectivity index (χ3n) is 19.9. The van der Waals surface area contributed by atoms with E-state index in [4.69, 9.17) is 0 Å². The number of imide groups is 2. The number of hydrogen-bond donors (Lipinski definition) is 0. The number of hydrogen-bond acceptors (Lipinski definition) is 6. The molecule has 0 saturated heterocycles. The Kier molecular flexibility index (Phi) is 15.3. The quantitative estimate of drug-likeness (QED) is 0.101. The van der Waals surface area contributed by atoms with Gasteiger partial charge in [0.1, 0.15) is 0 Å². The highest BCUT2D eigenvalue weighted by molar-refractivity contribution is 6.36. The van der Waals surface area contributed by atoms with E-state index in [0.717, 1.165) is 128 Å². The Morgan fingerprint density at radius 2 is 0.457 bits per heavy atom. The van der Waals surface area contributed by atoms with Crippen molar-refractivity contribution in [2.24, 2.45) is 0 Å². The first-order valence-electron chi connectivity index (χ1n) is 33.2. The first kappa shape index (κ1) is 57.9. The van der Waals surface area contributed by atoms with E-state index in [1.54, 1.807) is 0 Å². The highest BCUT2D eigenvalue weighted by Crippen LogP contribution is 2.50. The molecule has 2 aliphatic heterocycles. The fourth-order valence-electron chi connectivity index (χ4n) is 15.1. The summed E-state index contributed by atoms with van der Waals surface area (Å²) in [6.07, 6.45) is 8.48. The molecule has 2 aliphatic carbocycles. The summed E-state index contributed by atoms with van der Waals surface area (Å²) < 4.78 is 0. The summed E-state index contributed by atoms with van der Waals surface area (Å²) in [6.45, 7) is 0. The van der Waals surface area contributed by atoms with Gasteiger partial charge in [-0.1, -0.05) is 233 Å². The Labute approximate surface area is 548 Å². The normalized spacial score (nSPS) is 15.0. The first-order valence-corrected chi connectivity index (χ1v) is 33.2. The molecule has 2 saturated carbocycles. The highest BCUT2D eigenvalue weighted by atomic mass is 16.2. The number of nitrogens with zero attached hydrogens (tertiary/aromatic N) is 4. The molecule has 0 N–H and O–H groups in total. The summed E-state index contributed by atoms with van der Waals surface area (Å²) in [6, 6.07) is 95.4. The van der Waals surface area contributed by atoms with Crippen molar-refractivity contribution < 1.29 is 19.2 Å². The Morgan fingerprint density at radius 1 is 0.234 bits per heavy atom. The Bertz CT molecular complexity index is 4340. The van der Waals surface area contributed by atoms with Crippen LogP contribution in [0.3, 0.4) is 0 Å². The molecule has 12 aromatic rings. The van der Waals surface area contributed by atoms with E-state index in [0.29, 0.717) is 69.8 Å². The Morgan fingerprint density at radius 3 is 0.702 bits per heavy atom. The fraction of sp³-hybridized carbons (Fsp3) is 0.140. The van der Waals surface area contributed by atoms with Gasteiger partial charge in [-0.2, -0.15) is 0 Å². The SMILES string of the molecule is O=C1c2cc(-c3ccc(N(c4ccc(-c5ccccc5)cc4)c4ccc(-c5ccccc5)cc4)cc3)c3c4c(cc(-c5ccc(N(c6ccc(-c7ccccc7)cc6)c6ccc(-c7ccccc7)cc6)cc5)c(c24)C(=O)N1C1CCCCC1)C(=O)N(C1CCCCC1)C3=O. The fourth-order valence-corrected chi connectivity index (χ4v) is 15.1. The smallest absolute Gasteiger partial charge is 0.262 e. The summed E-state index contributed by atoms with van der Waals surface area (Å²) in [7, 11) is 0. The summed E-state index contributed by atoms with van der Waals surface area (Å²) in [5.74, 6) is -1.56. The molecule has 94 heavy (non-hydrogen) atoms. The number of benzene rings is 12. The van der Waals surface area contributed by atoms with Gasteiger partial charge in [-0.15, -0.1) is 0 Å². The number of carbonyl (C=O) groups is 4. The van der Waals surface area contributed by atoms with Crippen LogP contribution in [0.2, 0.25) is 0 Å². The van der Waals surface area contributed by atoms with Gasteiger partial charge in [-0.3, -0.25) is 29.0 Å². The van der Waals surface area contributed by atoms with Crippen LogP contribution < -0.4 is 9.80 Å². The predicted octanol–water partition coefficient (Wildman–Crippen LogP) is 21.6. The molecule has 0 spiro atoms. The lowest BCUT2D eigenvalue weighted by Gasteiger charge is -2.40. The van der Waals surface area contributed by atoms with Crippen LogP contribution in [0.1, 0.15) is 106 Å². The van der Waals surface area contributed by atoms with Crippen LogP contribution in [-0.2, 0) is 0 Å². The predicted molar refractivity (Wildman–Crippen MR) is 381 cm³/mol. The van der Waals surface area contributed by atoms with E-state index in [2.05, 4.69) is 228 Å². The lowest BCUT2D eigenvalue weighted by Crippen LogP contribution is -2.50. The minimum Gasteiger partial charge on any atom is -0.311 e. The molecule has 0 aromatic heterocycles. The van der Waals surface area contributed by atoms with Crippen LogP contribution in [0.15, 0.2) is 279 Å². The summed E-state index contributed by atoms with van der Waals surface area (Å²) >= 11 is 0. The molecule has 0 unspecified atom stereocenters. The average Bonchev–Trinajstić information content (AvgIpc) is 0.692. The van der Waals surface area contributed by atoms with E-state index in [-0.39, 0.29) is 23.9 Å². The van der Waals surface area contributed by atoms with E-state index < -0.39 is 11.8 Å². The third kappa shape index (κ3) is 10.5. The second-order valence-corrected chi connectivity index (χ2v) is 25.4. The van der Waals surface area contributed by atoms with Gasteiger partial charge in [0.25, 0.3) is 23.6 Å². The molecular formula is C86H68N4O4. The van der Waals surface area contributed by atoms with Gasteiger partial charge in [0.2, 0.25) is 0 Å². The van der Waals surface area contributed by atoms with E-state index >= 15 is 19.2 Å². The van der Waals surface area contributed by atoms with Crippen LogP contribution in [0.4, 0.5) is 34.1 Å². The monoisotopic (exact) mass is 1220 g/mol. The minimum absolute atomic E-state index is 0.308. The van der Waals surface area contributed by atoms with Gasteiger partial charge in [-0.25, -0.2) is 0 Å². The number of rotatable bonds is 14. The average molecular weight is 1220 g/mol. The number of carbonyl (C=O) groups excluding carboxylic acids is 4. The van der Waals surface area contributed by atoms with Gasteiger partial charge >= 0.3 is 0 Å². The van der Waals surface area contributed by atoms with Gasteiger partial charge < -0.3 is 9.80 Å². The second kappa shape index (κ2) is 24.8. The molecule has 8 heteroatoms. The van der Waals surface area contributed by atoms with Gasteiger partial charge in [0.05, 0.1) is 11.1 Å². The molecule has 8 nitrogen and oxygen atoms in total. The van der Waals surface area contributed by atoms with E-state index in [1.807, 2.05) is 60.7 Å². The second-order valence-electron chi connectivity index (χ2n) is 25.4. The van der Waals surface area contributed by atoms with Crippen LogP contribution in [-0.4, -0.2) is 45.5 Å². The molecule has 0 bridgehead atoms. The largest absolute Gasteiger partial charge is 0.311 e. The van der Waals surface area contributed by atoms with Gasteiger partial charge in [-0.05, 0) is 177 Å². The van der Waals surface area contributed by atoms with Crippen molar-refractivity contribution in [3.63, 3.8) is 0 Å². The van der Waals surface area contributed by atoms with Crippen molar-refractivity contribution in [3.05, 3.63) is 301 Å². The maximum atomic E-state index is 15.9. The molecule has 16 rings (SSSR count). The molecule has 2 fully saturated rings. The van der Waals surface area contributed by atoms with Crippen molar-refractivity contribution in [2.75, 3.05) is 9.80 Å². The van der Waals surface area contributed by atoms with Gasteiger partial charge in [0.15, 0.2) is 0 Å². The number of amides is 4. The van der Waals surface area contributed by atoms with Crippen LogP contribution in [0.25, 0.3) is 77.5 Å². The zero-order chi connectivity index (χ0) is 63.2. The molecule has 456 valence electrons. The molecule has 12 aromatic carbocycles. The highest BCUT2D eigenvalue weighted by Gasteiger charge is 2.46. The zero-order valence-corrected chi connectivity index (χ0v) is 52.2. The molecule has 4 aliphatic rings. The van der Waals surface area contributed by atoms with Crippen molar-refractivity contribution in [3.8, 4) is 66.8 Å². The molecule has 4 amide bonds. The first-order chi connectivity index (χ1) is 46.3. The van der Waals surface area contributed by atoms with Crippen molar-refractivity contribution in [1.29, 1.82) is 0 Å². The van der Waals surface area contributed by atoms with Crippen molar-refractivity contribution >= 4 is 68.5 Å². The Balaban J connectivity index is 0.846. The van der Waals surface area contributed by atoms with E-state index in [9.17, 15) is 0 Å². The van der Waals surface area contributed by atoms with Gasteiger partial charge in [0, 0.05) is 68.1 Å². The minimum atomic E-state index is -0.391. The van der Waals surface area contributed by atoms with Crippen LogP contribution >= 0.6 is 0 Å². The number of anilines is 6. The summed E-state index contributed by atoms with van der Waals surface area (Å²) in [5, 5.41) is 0.753. The Hall–Kier alpha value is -11.2. The molecule has 0 atom stereocenters. The molecular weight excluding hydrogens is 1150 g/mol. The lowest BCUT2D eigenvalue weighted by atomic mass is 9.77. The maximum Gasteiger partial charge on any atom is 0.262 e. The standard InChI is InChI=1S/C86H68N4O4/c91-83-77-55-75(65-39-51-73(52-40-65)87(69-43-31-61(32-44-69)57-19-7-1-8-20-57)70-45-33-62(34-46-70)58-21-9-2-10-22-58)81-79-78(84(92)89(85(81)93)67-27-15-5-16-28-67)56-76(82(80(77)79)86(94)90(83)68-29-17-6-18-30-68)66-41-53-74(54-42-66)88(71-47-35-63(36-48-71)59-23-11-3-12-24-59)72-49-37-64(38-50-72)60-25-13-4-14-26-60/h1-4,7-14,19-26,31-56,67-68H,5-6,15-18,27-30H2. The zero-order valence-electron chi connectivity index (χ0n) is 52.2. The molecule has 2 heterocycles. The van der Waals surface area contributed by atoms with E-state index in [1.165, 1.54) is 9.80 Å². The van der Waals surface area contributed by atoms with Crippen molar-refractivity contribution in [2.45, 2.75) is 76.3 Å². The third-order valence-corrected chi connectivity index (χ3v) is 19.9. The van der Waals surface area contributed by atoms with Crippen LogP contribution in [0.5, 0.6) is 0 Å².